The van der Waals surface area contributed by atoms with E-state index in [2.05, 4.69) is 4.90 Å². The number of likely N-dealkylation sites (tertiary alicyclic amines) is 1. The van der Waals surface area contributed by atoms with Crippen LogP contribution in [0.25, 0.3) is 0 Å². The van der Waals surface area contributed by atoms with Crippen LogP contribution in [0.1, 0.15) is 49.7 Å². The van der Waals surface area contributed by atoms with Gasteiger partial charge in [-0.25, -0.2) is 0 Å². The molecule has 1 saturated heterocycles. The Labute approximate surface area is 140 Å². The number of phenolic OH excluding ortho intramolecular Hbond substituents is 1. The number of nitrogens with zero attached hydrogens (tertiary/aromatic N) is 1. The summed E-state index contributed by atoms with van der Waals surface area (Å²) in [5.41, 5.74) is 2.58. The lowest BCUT2D eigenvalue weighted by molar-refractivity contribution is -0.143. The highest BCUT2D eigenvalue weighted by atomic mass is 19.4. The summed E-state index contributed by atoms with van der Waals surface area (Å²) >= 11 is 0. The fourth-order valence-electron chi connectivity index (χ4n) is 5.62. The van der Waals surface area contributed by atoms with Crippen molar-refractivity contribution in [3.05, 3.63) is 29.3 Å². The van der Waals surface area contributed by atoms with Crippen molar-refractivity contribution in [2.45, 2.75) is 62.6 Å². The second-order valence-corrected chi connectivity index (χ2v) is 7.77. The van der Waals surface area contributed by atoms with E-state index in [9.17, 15) is 18.3 Å². The summed E-state index contributed by atoms with van der Waals surface area (Å²) in [5, 5.41) is 9.96. The summed E-state index contributed by atoms with van der Waals surface area (Å²) in [6.07, 6.45) is 1.50. The van der Waals surface area contributed by atoms with Gasteiger partial charge in [-0.2, -0.15) is 13.2 Å². The average molecular weight is 339 g/mol. The number of benzene rings is 1. The summed E-state index contributed by atoms with van der Waals surface area (Å²) in [4.78, 5) is 2.09. The molecule has 1 heterocycles. The van der Waals surface area contributed by atoms with Crippen LogP contribution in [0.3, 0.4) is 0 Å². The number of halogens is 3. The van der Waals surface area contributed by atoms with E-state index in [4.69, 9.17) is 0 Å². The van der Waals surface area contributed by atoms with Crippen LogP contribution in [0.5, 0.6) is 5.75 Å². The minimum atomic E-state index is -4.08. The first-order valence-electron chi connectivity index (χ1n) is 9.02. The molecule has 24 heavy (non-hydrogen) atoms. The van der Waals surface area contributed by atoms with Gasteiger partial charge in [0.05, 0.1) is 6.42 Å². The highest BCUT2D eigenvalue weighted by Gasteiger charge is 2.53. The molecule has 1 aromatic carbocycles. The lowest BCUT2D eigenvalue weighted by Crippen LogP contribution is -2.61. The first-order valence-corrected chi connectivity index (χ1v) is 9.02. The molecule has 1 saturated carbocycles. The monoisotopic (exact) mass is 339 g/mol. The van der Waals surface area contributed by atoms with E-state index in [1.165, 1.54) is 24.0 Å². The van der Waals surface area contributed by atoms with Gasteiger partial charge in [0.25, 0.3) is 0 Å². The molecule has 5 heteroatoms. The standard InChI is InChI=1S/C19H24F3NO/c20-19(21,22)8-10-23-9-7-18-6-2-1-3-15(18)17(23)11-13-4-5-14(24)12-16(13)18/h4-5,12,15,17,24H,1-3,6-11H2/t15-,17-,18+/m0/s1. The molecule has 2 fully saturated rings. The fraction of sp³-hybridized carbons (Fsp3) is 0.684. The molecule has 1 aromatic rings. The number of alkyl halides is 3. The van der Waals surface area contributed by atoms with Gasteiger partial charge in [0.2, 0.25) is 0 Å². The van der Waals surface area contributed by atoms with Crippen LogP contribution in [0.2, 0.25) is 0 Å². The third kappa shape index (κ3) is 2.61. The van der Waals surface area contributed by atoms with Gasteiger partial charge in [-0.05, 0) is 61.4 Å². The van der Waals surface area contributed by atoms with Crippen molar-refractivity contribution in [2.75, 3.05) is 13.1 Å². The first-order chi connectivity index (χ1) is 11.4. The first kappa shape index (κ1) is 16.2. The second-order valence-electron chi connectivity index (χ2n) is 7.77. The van der Waals surface area contributed by atoms with Gasteiger partial charge in [-0.3, -0.25) is 4.90 Å². The molecule has 0 spiro atoms. The summed E-state index contributed by atoms with van der Waals surface area (Å²) in [5.74, 6) is 0.743. The van der Waals surface area contributed by atoms with Crippen molar-refractivity contribution < 1.29 is 18.3 Å². The minimum Gasteiger partial charge on any atom is -0.508 e. The Morgan fingerprint density at radius 3 is 2.83 bits per heavy atom. The number of piperidine rings is 1. The smallest absolute Gasteiger partial charge is 0.390 e. The fourth-order valence-corrected chi connectivity index (χ4v) is 5.62. The largest absolute Gasteiger partial charge is 0.508 e. The van der Waals surface area contributed by atoms with E-state index < -0.39 is 12.6 Å². The third-order valence-corrected chi connectivity index (χ3v) is 6.62. The predicted octanol–water partition coefficient (Wildman–Crippen LogP) is 4.40. The molecule has 0 unspecified atom stereocenters. The molecule has 3 aliphatic rings. The Morgan fingerprint density at radius 2 is 2.04 bits per heavy atom. The Kier molecular flexibility index (Phi) is 3.83. The van der Waals surface area contributed by atoms with Gasteiger partial charge in [0, 0.05) is 18.0 Å². The number of rotatable bonds is 2. The molecular weight excluding hydrogens is 315 g/mol. The van der Waals surface area contributed by atoms with Crippen LogP contribution < -0.4 is 0 Å². The zero-order chi connectivity index (χ0) is 16.9. The van der Waals surface area contributed by atoms with Crippen molar-refractivity contribution in [2.24, 2.45) is 5.92 Å². The summed E-state index contributed by atoms with van der Waals surface area (Å²) < 4.78 is 38.1. The second kappa shape index (κ2) is 5.65. The van der Waals surface area contributed by atoms with Crippen LogP contribution in [0.4, 0.5) is 13.2 Å². The zero-order valence-electron chi connectivity index (χ0n) is 13.8. The van der Waals surface area contributed by atoms with E-state index in [1.54, 1.807) is 6.07 Å². The van der Waals surface area contributed by atoms with Crippen LogP contribution in [-0.4, -0.2) is 35.3 Å². The zero-order valence-corrected chi connectivity index (χ0v) is 13.8. The maximum atomic E-state index is 12.7. The number of fused-ring (bicyclic) bond motifs is 1. The number of phenols is 1. The van der Waals surface area contributed by atoms with Crippen molar-refractivity contribution in [3.63, 3.8) is 0 Å². The molecule has 2 nitrogen and oxygen atoms in total. The van der Waals surface area contributed by atoms with Gasteiger partial charge in [0.15, 0.2) is 0 Å². The molecular formula is C19H24F3NO. The summed E-state index contributed by atoms with van der Waals surface area (Å²) in [6, 6.07) is 5.85. The lowest BCUT2D eigenvalue weighted by Gasteiger charge is -2.59. The van der Waals surface area contributed by atoms with Crippen molar-refractivity contribution >= 4 is 0 Å². The van der Waals surface area contributed by atoms with Gasteiger partial charge >= 0.3 is 6.18 Å². The molecule has 1 aliphatic heterocycles. The van der Waals surface area contributed by atoms with Crippen LogP contribution in [-0.2, 0) is 11.8 Å². The molecule has 0 aromatic heterocycles. The van der Waals surface area contributed by atoms with E-state index in [0.29, 0.717) is 11.7 Å². The highest BCUT2D eigenvalue weighted by molar-refractivity contribution is 5.45. The van der Waals surface area contributed by atoms with E-state index in [0.717, 1.165) is 32.2 Å². The summed E-state index contributed by atoms with van der Waals surface area (Å²) in [6.45, 7) is 0.862. The molecule has 2 bridgehead atoms. The molecule has 3 atom stereocenters. The van der Waals surface area contributed by atoms with E-state index >= 15 is 0 Å². The quantitative estimate of drug-likeness (QED) is 0.863. The predicted molar refractivity (Wildman–Crippen MR) is 86.1 cm³/mol. The Morgan fingerprint density at radius 1 is 1.21 bits per heavy atom. The molecule has 2 aliphatic carbocycles. The summed E-state index contributed by atoms with van der Waals surface area (Å²) in [7, 11) is 0. The maximum Gasteiger partial charge on any atom is 0.390 e. The number of aromatic hydroxyl groups is 1. The van der Waals surface area contributed by atoms with Gasteiger partial charge in [-0.15, -0.1) is 0 Å². The molecule has 4 rings (SSSR count). The third-order valence-electron chi connectivity index (χ3n) is 6.62. The van der Waals surface area contributed by atoms with Gasteiger partial charge < -0.3 is 5.11 Å². The number of hydrogen-bond acceptors (Lipinski definition) is 2. The molecule has 0 amide bonds. The van der Waals surface area contributed by atoms with Crippen molar-refractivity contribution in [3.8, 4) is 5.75 Å². The SMILES string of the molecule is Oc1ccc2c(c1)[C@@]13CCCC[C@H]1[C@H](C2)N(CCC(F)(F)F)CC3. The Balaban J connectivity index is 1.68. The average Bonchev–Trinajstić information content (AvgIpc) is 2.54. The lowest BCUT2D eigenvalue weighted by atomic mass is 9.52. The van der Waals surface area contributed by atoms with Gasteiger partial charge in [-0.1, -0.05) is 18.9 Å². The van der Waals surface area contributed by atoms with Crippen LogP contribution in [0.15, 0.2) is 18.2 Å². The topological polar surface area (TPSA) is 23.5 Å². The normalized spacial score (nSPS) is 33.0. The minimum absolute atomic E-state index is 0.0734. The molecule has 132 valence electrons. The molecule has 0 radical (unpaired) electrons. The maximum absolute atomic E-state index is 12.7. The Hall–Kier alpha value is -1.23. The van der Waals surface area contributed by atoms with E-state index in [-0.39, 0.29) is 18.0 Å². The Bertz CT molecular complexity index is 630. The highest BCUT2D eigenvalue weighted by Crippen LogP contribution is 2.56. The molecule has 1 N–H and O–H groups in total. The van der Waals surface area contributed by atoms with Crippen LogP contribution in [0, 0.1) is 5.92 Å². The van der Waals surface area contributed by atoms with Crippen molar-refractivity contribution in [1.29, 1.82) is 0 Å². The van der Waals surface area contributed by atoms with E-state index in [1.807, 2.05) is 12.1 Å². The van der Waals surface area contributed by atoms with Crippen LogP contribution >= 0.6 is 0 Å². The number of hydrogen-bond donors (Lipinski definition) is 1. The van der Waals surface area contributed by atoms with Gasteiger partial charge in [0.1, 0.15) is 5.75 Å². The van der Waals surface area contributed by atoms with Crippen molar-refractivity contribution in [1.82, 2.24) is 4.90 Å².